The SMILES string of the molecule is CONC(=C1[C@@H]2C[C@@](c3ccc(-c4ccccc4)cc3)(CO2)[C@H]1CC=CCCCC(=O)OC)C1CCCCC1. The highest BCUT2D eigenvalue weighted by molar-refractivity contribution is 5.69. The zero-order valence-electron chi connectivity index (χ0n) is 23.5. The van der Waals surface area contributed by atoms with E-state index < -0.39 is 0 Å². The Bertz CT molecular complexity index is 1150. The number of hydrogen-bond acceptors (Lipinski definition) is 5. The molecule has 0 unspecified atom stereocenters. The van der Waals surface area contributed by atoms with Crippen LogP contribution < -0.4 is 5.48 Å². The summed E-state index contributed by atoms with van der Waals surface area (Å²) in [4.78, 5) is 17.1. The molecule has 3 atom stereocenters. The minimum Gasteiger partial charge on any atom is -0.469 e. The summed E-state index contributed by atoms with van der Waals surface area (Å²) in [6.45, 7) is 0.748. The number of esters is 1. The Kier molecular flexibility index (Phi) is 9.21. The standard InChI is InChI=1S/C34H43NO4/c1-37-31(36)18-12-4-3-11-17-29-32(33(35-38-2)27-15-9-6-10-16-27)30-23-34(29,24-39-30)28-21-19-26(20-22-28)25-13-7-5-8-14-25/h3,5,7-8,11,13-14,19-22,27,29-30,35H,4,6,9-10,12,15-18,23-24H2,1-2H3/t29-,30-,34-/m0/s1. The molecule has 1 aliphatic heterocycles. The van der Waals surface area contributed by atoms with Crippen LogP contribution in [0.15, 0.2) is 78.0 Å². The van der Waals surface area contributed by atoms with Gasteiger partial charge in [0, 0.05) is 23.5 Å². The number of hydrogen-bond donors (Lipinski definition) is 1. The van der Waals surface area contributed by atoms with Crippen molar-refractivity contribution in [2.24, 2.45) is 11.8 Å². The lowest BCUT2D eigenvalue weighted by atomic mass is 9.69. The molecule has 1 saturated heterocycles. The van der Waals surface area contributed by atoms with Gasteiger partial charge in [-0.1, -0.05) is 86.0 Å². The van der Waals surface area contributed by atoms with Crippen molar-refractivity contribution in [3.05, 3.63) is 83.6 Å². The highest BCUT2D eigenvalue weighted by Crippen LogP contribution is 2.58. The van der Waals surface area contributed by atoms with E-state index in [9.17, 15) is 4.79 Å². The molecule has 0 radical (unpaired) electrons. The molecule has 5 rings (SSSR count). The van der Waals surface area contributed by atoms with E-state index in [0.29, 0.717) is 18.3 Å². The first-order chi connectivity index (χ1) is 19.2. The van der Waals surface area contributed by atoms with Crippen LogP contribution in [-0.2, 0) is 24.5 Å². The number of methoxy groups -OCH3 is 1. The van der Waals surface area contributed by atoms with Gasteiger partial charge in [-0.15, -0.1) is 0 Å². The number of carbonyl (C=O) groups excluding carboxylic acids is 1. The van der Waals surface area contributed by atoms with E-state index in [1.807, 2.05) is 0 Å². The van der Waals surface area contributed by atoms with Crippen molar-refractivity contribution in [3.8, 4) is 11.1 Å². The van der Waals surface area contributed by atoms with E-state index in [1.54, 1.807) is 7.11 Å². The number of ether oxygens (including phenoxy) is 2. The van der Waals surface area contributed by atoms with E-state index >= 15 is 0 Å². The van der Waals surface area contributed by atoms with Gasteiger partial charge in [-0.05, 0) is 66.7 Å². The molecule has 2 saturated carbocycles. The molecule has 3 fully saturated rings. The molecule has 0 amide bonds. The second-order valence-corrected chi connectivity index (χ2v) is 11.3. The molecule has 1 N–H and O–H groups in total. The van der Waals surface area contributed by atoms with Crippen molar-refractivity contribution in [1.82, 2.24) is 5.48 Å². The Morgan fingerprint density at radius 1 is 1.00 bits per heavy atom. The molecule has 39 heavy (non-hydrogen) atoms. The second kappa shape index (κ2) is 13.0. The first-order valence-electron chi connectivity index (χ1n) is 14.7. The molecular weight excluding hydrogens is 486 g/mol. The summed E-state index contributed by atoms with van der Waals surface area (Å²) in [6, 6.07) is 19.8. The van der Waals surface area contributed by atoms with Crippen LogP contribution in [0.25, 0.3) is 11.1 Å². The van der Waals surface area contributed by atoms with Gasteiger partial charge in [0.2, 0.25) is 0 Å². The summed E-state index contributed by atoms with van der Waals surface area (Å²) in [5.74, 6) is 0.704. The van der Waals surface area contributed by atoms with Crippen LogP contribution in [0.4, 0.5) is 0 Å². The predicted octanol–water partition coefficient (Wildman–Crippen LogP) is 7.29. The van der Waals surface area contributed by atoms with Gasteiger partial charge >= 0.3 is 5.97 Å². The van der Waals surface area contributed by atoms with E-state index in [4.69, 9.17) is 14.3 Å². The van der Waals surface area contributed by atoms with Crippen molar-refractivity contribution in [3.63, 3.8) is 0 Å². The van der Waals surface area contributed by atoms with E-state index in [1.165, 1.54) is 67.2 Å². The van der Waals surface area contributed by atoms with Gasteiger partial charge < -0.3 is 9.47 Å². The van der Waals surface area contributed by atoms with Crippen molar-refractivity contribution >= 4 is 5.97 Å². The average molecular weight is 530 g/mol. The van der Waals surface area contributed by atoms with Gasteiger partial charge in [0.05, 0.1) is 26.9 Å². The fraction of sp³-hybridized carbons (Fsp3) is 0.500. The number of unbranched alkanes of at least 4 members (excludes halogenated alkanes) is 1. The van der Waals surface area contributed by atoms with Crippen LogP contribution in [0, 0.1) is 11.8 Å². The fourth-order valence-electron chi connectivity index (χ4n) is 7.10. The molecule has 1 heterocycles. The van der Waals surface area contributed by atoms with Gasteiger partial charge in [-0.2, -0.15) is 0 Å². The smallest absolute Gasteiger partial charge is 0.305 e. The molecule has 0 spiro atoms. The Morgan fingerprint density at radius 3 is 2.46 bits per heavy atom. The molecule has 2 aromatic carbocycles. The summed E-state index contributed by atoms with van der Waals surface area (Å²) >= 11 is 0. The summed E-state index contributed by atoms with van der Waals surface area (Å²) in [5, 5.41) is 0. The molecular formula is C34H43NO4. The van der Waals surface area contributed by atoms with Gasteiger partial charge in [0.15, 0.2) is 0 Å². The van der Waals surface area contributed by atoms with Gasteiger partial charge in [0.1, 0.15) is 0 Å². The first-order valence-corrected chi connectivity index (χ1v) is 14.7. The minimum absolute atomic E-state index is 0.0547. The number of fused-ring (bicyclic) bond motifs is 2. The fourth-order valence-corrected chi connectivity index (χ4v) is 7.10. The third-order valence-corrected chi connectivity index (χ3v) is 9.10. The highest BCUT2D eigenvalue weighted by atomic mass is 16.6. The van der Waals surface area contributed by atoms with Gasteiger partial charge in [-0.25, -0.2) is 0 Å². The highest BCUT2D eigenvalue weighted by Gasteiger charge is 2.57. The van der Waals surface area contributed by atoms with Crippen LogP contribution in [0.5, 0.6) is 0 Å². The van der Waals surface area contributed by atoms with Crippen molar-refractivity contribution in [2.75, 3.05) is 20.8 Å². The number of benzene rings is 2. The third-order valence-electron chi connectivity index (χ3n) is 9.10. The summed E-state index contributed by atoms with van der Waals surface area (Å²) in [7, 11) is 3.18. The Hall–Kier alpha value is -2.89. The van der Waals surface area contributed by atoms with E-state index in [0.717, 1.165) is 32.3 Å². The molecule has 5 nitrogen and oxygen atoms in total. The largest absolute Gasteiger partial charge is 0.469 e. The molecule has 2 aliphatic carbocycles. The molecule has 208 valence electrons. The van der Waals surface area contributed by atoms with Crippen molar-refractivity contribution < 1.29 is 19.1 Å². The number of nitrogens with one attached hydrogen (secondary N) is 1. The lowest BCUT2D eigenvalue weighted by Gasteiger charge is -2.38. The normalized spacial score (nSPS) is 26.2. The lowest BCUT2D eigenvalue weighted by Crippen LogP contribution is -2.38. The summed E-state index contributed by atoms with van der Waals surface area (Å²) in [6.07, 6.45) is 15.1. The Labute approximate surface area is 233 Å². The first kappa shape index (κ1) is 27.7. The third kappa shape index (κ3) is 6.00. The van der Waals surface area contributed by atoms with Crippen LogP contribution in [-0.4, -0.2) is 32.9 Å². The lowest BCUT2D eigenvalue weighted by molar-refractivity contribution is -0.140. The molecule has 3 aliphatic rings. The van der Waals surface area contributed by atoms with Crippen molar-refractivity contribution in [2.45, 2.75) is 75.7 Å². The number of hydroxylamine groups is 1. The quantitative estimate of drug-likeness (QED) is 0.143. The second-order valence-electron chi connectivity index (χ2n) is 11.3. The minimum atomic E-state index is -0.139. The maximum atomic E-state index is 11.5. The Morgan fingerprint density at radius 2 is 1.74 bits per heavy atom. The van der Waals surface area contributed by atoms with Crippen LogP contribution in [0.2, 0.25) is 0 Å². The molecule has 2 bridgehead atoms. The molecule has 0 aromatic heterocycles. The number of rotatable bonds is 11. The van der Waals surface area contributed by atoms with Crippen LogP contribution >= 0.6 is 0 Å². The van der Waals surface area contributed by atoms with E-state index in [2.05, 4.69) is 72.2 Å². The van der Waals surface area contributed by atoms with Crippen LogP contribution in [0.1, 0.15) is 69.8 Å². The number of carbonyl (C=O) groups is 1. The topological polar surface area (TPSA) is 56.8 Å². The van der Waals surface area contributed by atoms with E-state index in [-0.39, 0.29) is 17.5 Å². The van der Waals surface area contributed by atoms with Gasteiger partial charge in [0.25, 0.3) is 0 Å². The molecule has 2 aromatic rings. The summed E-state index contributed by atoms with van der Waals surface area (Å²) < 4.78 is 11.3. The zero-order chi connectivity index (χ0) is 27.1. The Balaban J connectivity index is 1.45. The maximum absolute atomic E-state index is 11.5. The maximum Gasteiger partial charge on any atom is 0.305 e. The van der Waals surface area contributed by atoms with Crippen LogP contribution in [0.3, 0.4) is 0 Å². The molecule has 5 heteroatoms. The summed E-state index contributed by atoms with van der Waals surface area (Å²) in [5.41, 5.74) is 9.84. The van der Waals surface area contributed by atoms with Crippen molar-refractivity contribution in [1.29, 1.82) is 0 Å². The monoisotopic (exact) mass is 529 g/mol. The predicted molar refractivity (Wildman–Crippen MR) is 155 cm³/mol. The van der Waals surface area contributed by atoms with Gasteiger partial charge in [-0.3, -0.25) is 15.1 Å². The number of allylic oxidation sites excluding steroid dienone is 3. The average Bonchev–Trinajstić information content (AvgIpc) is 3.57. The zero-order valence-corrected chi connectivity index (χ0v) is 23.5.